The zero-order chi connectivity index (χ0) is 19.7. The maximum absolute atomic E-state index is 11.4. The van der Waals surface area contributed by atoms with Gasteiger partial charge in [-0.1, -0.05) is 19.9 Å². The highest BCUT2D eigenvalue weighted by molar-refractivity contribution is 7.17. The summed E-state index contributed by atoms with van der Waals surface area (Å²) < 4.78 is 26.0. The summed E-state index contributed by atoms with van der Waals surface area (Å²) in [5.41, 5.74) is 1.44. The zero-order valence-electron chi connectivity index (χ0n) is 15.4. The lowest BCUT2D eigenvalue weighted by atomic mass is 9.77. The van der Waals surface area contributed by atoms with E-state index in [0.29, 0.717) is 23.3 Å². The summed E-state index contributed by atoms with van der Waals surface area (Å²) in [6.07, 6.45) is -0.582. The van der Waals surface area contributed by atoms with Crippen LogP contribution in [0.15, 0.2) is 12.1 Å². The van der Waals surface area contributed by atoms with Crippen molar-refractivity contribution in [1.29, 1.82) is 0 Å². The molecule has 0 saturated carbocycles. The molecule has 0 aliphatic heterocycles. The lowest BCUT2D eigenvalue weighted by Crippen LogP contribution is -2.25. The highest BCUT2D eigenvalue weighted by atomic mass is 31.1. The number of nitrogens with one attached hydrogen (secondary N) is 1. The summed E-state index contributed by atoms with van der Waals surface area (Å²) in [5.74, 6) is -0.604. The molecule has 9 heteroatoms. The Hall–Kier alpha value is -2.18. The zero-order valence-corrected chi connectivity index (χ0v) is 16.4. The van der Waals surface area contributed by atoms with Crippen molar-refractivity contribution in [3.63, 3.8) is 0 Å². The van der Waals surface area contributed by atoms with Crippen LogP contribution in [0.25, 0.3) is 0 Å². The quantitative estimate of drug-likeness (QED) is 0.359. The van der Waals surface area contributed by atoms with Crippen LogP contribution >= 0.6 is 8.69 Å². The summed E-state index contributed by atoms with van der Waals surface area (Å²) in [7, 11) is 0.623. The number of carboxylic acids is 1. The van der Waals surface area contributed by atoms with E-state index in [1.54, 1.807) is 19.2 Å². The molecule has 0 heterocycles. The minimum Gasteiger partial charge on any atom is -0.481 e. The average molecular weight is 386 g/mol. The number of ether oxygens (including phenoxy) is 2. The molecule has 0 bridgehead atoms. The number of rotatable bonds is 10. The van der Waals surface area contributed by atoms with E-state index >= 15 is 0 Å². The summed E-state index contributed by atoms with van der Waals surface area (Å²) in [5, 5.41) is 11.9. The Balaban J connectivity index is 3.05. The van der Waals surface area contributed by atoms with Crippen LogP contribution in [0, 0.1) is 6.92 Å². The van der Waals surface area contributed by atoms with Crippen LogP contribution in [0.4, 0.5) is 4.79 Å². The third kappa shape index (κ3) is 6.61. The first-order valence-corrected chi connectivity index (χ1v) is 8.87. The van der Waals surface area contributed by atoms with Crippen molar-refractivity contribution in [2.75, 3.05) is 20.4 Å². The highest BCUT2D eigenvalue weighted by Crippen LogP contribution is 2.39. The molecule has 1 rings (SSSR count). The molecule has 0 fully saturated rings. The Morgan fingerprint density at radius 1 is 1.27 bits per heavy atom. The van der Waals surface area contributed by atoms with Crippen molar-refractivity contribution in [3.8, 4) is 5.75 Å². The fourth-order valence-corrected chi connectivity index (χ4v) is 2.96. The normalized spacial score (nSPS) is 11.2. The standard InChI is InChI=1S/C17H24NO7P/c1-11-7-12(9-14(19)20)15(13(8-11)25-26-22)17(2,3)5-6-23-16(21)24-10-18-4/h7-8,18,26H,5-6,9-10H2,1-4H3/p+1. The van der Waals surface area contributed by atoms with Gasteiger partial charge in [-0.25, -0.2) is 4.79 Å². The molecule has 144 valence electrons. The van der Waals surface area contributed by atoms with E-state index in [-0.39, 0.29) is 19.8 Å². The van der Waals surface area contributed by atoms with Crippen molar-refractivity contribution >= 4 is 20.8 Å². The first kappa shape index (κ1) is 21.9. The average Bonchev–Trinajstić information content (AvgIpc) is 2.51. The summed E-state index contributed by atoms with van der Waals surface area (Å²) >= 11 is 0. The van der Waals surface area contributed by atoms with Gasteiger partial charge in [0.05, 0.1) is 13.0 Å². The van der Waals surface area contributed by atoms with Gasteiger partial charge in [0.2, 0.25) is 0 Å². The first-order chi connectivity index (χ1) is 12.2. The van der Waals surface area contributed by atoms with Gasteiger partial charge in [0.15, 0.2) is 5.75 Å². The lowest BCUT2D eigenvalue weighted by Gasteiger charge is -2.28. The summed E-state index contributed by atoms with van der Waals surface area (Å²) in [4.78, 5) is 22.7. The van der Waals surface area contributed by atoms with Crippen LogP contribution in [0.5, 0.6) is 5.75 Å². The number of carbonyl (C=O) groups excluding carboxylic acids is 1. The molecule has 1 aromatic carbocycles. The Kier molecular flexibility index (Phi) is 8.48. The summed E-state index contributed by atoms with van der Waals surface area (Å²) in [6, 6.07) is 3.49. The predicted molar refractivity (Wildman–Crippen MR) is 96.2 cm³/mol. The molecular formula is C17H25NO7P+. The van der Waals surface area contributed by atoms with Crippen molar-refractivity contribution < 1.29 is 33.3 Å². The molecule has 2 N–H and O–H groups in total. The molecule has 0 radical (unpaired) electrons. The van der Waals surface area contributed by atoms with Gasteiger partial charge in [-0.15, -0.1) is 0 Å². The largest absolute Gasteiger partial charge is 0.542 e. The second-order valence-corrected chi connectivity index (χ2v) is 6.80. The van der Waals surface area contributed by atoms with Crippen molar-refractivity contribution in [1.82, 2.24) is 5.32 Å². The Labute approximate surface area is 154 Å². The van der Waals surface area contributed by atoms with Crippen LogP contribution < -0.4 is 9.84 Å². The topological polar surface area (TPSA) is 111 Å². The number of hydrogen-bond acceptors (Lipinski definition) is 7. The second kappa shape index (κ2) is 10.1. The van der Waals surface area contributed by atoms with E-state index in [4.69, 9.17) is 14.0 Å². The molecule has 0 amide bonds. The van der Waals surface area contributed by atoms with Gasteiger partial charge in [0.25, 0.3) is 0 Å². The van der Waals surface area contributed by atoms with E-state index in [0.717, 1.165) is 5.56 Å². The van der Waals surface area contributed by atoms with E-state index in [9.17, 15) is 19.3 Å². The molecule has 0 spiro atoms. The van der Waals surface area contributed by atoms with Crippen LogP contribution in [0.3, 0.4) is 0 Å². The van der Waals surface area contributed by atoms with E-state index in [2.05, 4.69) is 5.32 Å². The van der Waals surface area contributed by atoms with Gasteiger partial charge >= 0.3 is 20.8 Å². The fraction of sp³-hybridized carbons (Fsp3) is 0.529. The SMILES string of the molecule is CNCOC(=O)OCCC(C)(C)c1c(CC(=O)O)cc(C)cc1O[PH+]=O. The van der Waals surface area contributed by atoms with Crippen LogP contribution in [-0.4, -0.2) is 37.6 Å². The molecule has 0 aromatic heterocycles. The van der Waals surface area contributed by atoms with Gasteiger partial charge in [-0.05, 0) is 47.6 Å². The molecule has 0 aliphatic carbocycles. The molecule has 26 heavy (non-hydrogen) atoms. The second-order valence-electron chi connectivity index (χ2n) is 6.43. The molecular weight excluding hydrogens is 361 g/mol. The van der Waals surface area contributed by atoms with Gasteiger partial charge in [0.1, 0.15) is 6.73 Å². The molecule has 1 unspecified atom stereocenters. The molecule has 0 saturated heterocycles. The maximum atomic E-state index is 11.4. The number of aliphatic carboxylic acids is 1. The molecule has 1 atom stereocenters. The molecule has 8 nitrogen and oxygen atoms in total. The number of aryl methyl sites for hydroxylation is 1. The fourth-order valence-electron chi connectivity index (χ4n) is 2.71. The van der Waals surface area contributed by atoms with Gasteiger partial charge in [-0.2, -0.15) is 0 Å². The smallest absolute Gasteiger partial charge is 0.481 e. The maximum Gasteiger partial charge on any atom is 0.542 e. The van der Waals surface area contributed by atoms with Crippen molar-refractivity contribution in [2.45, 2.75) is 39.0 Å². The molecule has 0 aliphatic rings. The van der Waals surface area contributed by atoms with Gasteiger partial charge < -0.3 is 14.6 Å². The monoisotopic (exact) mass is 386 g/mol. The summed E-state index contributed by atoms with van der Waals surface area (Å²) in [6.45, 7) is 5.70. The Morgan fingerprint density at radius 2 is 1.96 bits per heavy atom. The lowest BCUT2D eigenvalue weighted by molar-refractivity contribution is -0.136. The van der Waals surface area contributed by atoms with Crippen LogP contribution in [-0.2, 0) is 30.7 Å². The molecule has 1 aromatic rings. The van der Waals surface area contributed by atoms with Gasteiger partial charge in [0, 0.05) is 5.56 Å². The van der Waals surface area contributed by atoms with Crippen LogP contribution in [0.2, 0.25) is 0 Å². The number of hydrogen-bond donors (Lipinski definition) is 2. The van der Waals surface area contributed by atoms with E-state index in [1.807, 2.05) is 20.8 Å². The number of benzene rings is 1. The van der Waals surface area contributed by atoms with Crippen molar-refractivity contribution in [2.24, 2.45) is 0 Å². The Morgan fingerprint density at radius 3 is 2.54 bits per heavy atom. The van der Waals surface area contributed by atoms with Crippen LogP contribution in [0.1, 0.15) is 37.0 Å². The minimum absolute atomic E-state index is 0.0470. The third-order valence-corrected chi connectivity index (χ3v) is 4.08. The number of carbonyl (C=O) groups is 2. The highest BCUT2D eigenvalue weighted by Gasteiger charge is 2.30. The predicted octanol–water partition coefficient (Wildman–Crippen LogP) is 2.94. The van der Waals surface area contributed by atoms with E-state index in [1.165, 1.54) is 0 Å². The Bertz CT molecular complexity index is 661. The van der Waals surface area contributed by atoms with E-state index < -0.39 is 26.2 Å². The first-order valence-electron chi connectivity index (χ1n) is 8.05. The van der Waals surface area contributed by atoms with Crippen molar-refractivity contribution in [3.05, 3.63) is 28.8 Å². The van der Waals surface area contributed by atoms with Gasteiger partial charge in [-0.3, -0.25) is 14.6 Å². The number of carboxylic acid groups (broad SMARTS) is 1. The third-order valence-electron chi connectivity index (χ3n) is 3.78. The minimum atomic E-state index is -1.01.